The molecule has 0 bridgehead atoms. The Hall–Kier alpha value is -0.410. The van der Waals surface area contributed by atoms with Crippen molar-refractivity contribution in [3.63, 3.8) is 0 Å². The summed E-state index contributed by atoms with van der Waals surface area (Å²) in [5, 5.41) is 1.29. The molecule has 1 aromatic rings. The molecule has 0 aliphatic heterocycles. The minimum absolute atomic E-state index is 0.214. The smallest absolute Gasteiger partial charge is 0.0931 e. The molecule has 0 aromatic carbocycles. The van der Waals surface area contributed by atoms with Gasteiger partial charge < -0.3 is 5.73 Å². The number of unbranched alkanes of at least 4 members (excludes halogenated alkanes) is 1. The van der Waals surface area contributed by atoms with Crippen LogP contribution in [-0.2, 0) is 12.8 Å². The molecule has 0 saturated carbocycles. The van der Waals surface area contributed by atoms with Crippen LogP contribution < -0.4 is 5.73 Å². The summed E-state index contributed by atoms with van der Waals surface area (Å²) >= 11 is 1.85. The van der Waals surface area contributed by atoms with E-state index < -0.39 is 0 Å². The van der Waals surface area contributed by atoms with Gasteiger partial charge >= 0.3 is 0 Å². The summed E-state index contributed by atoms with van der Waals surface area (Å²) < 4.78 is 0. The van der Waals surface area contributed by atoms with Crippen molar-refractivity contribution in [2.24, 2.45) is 11.1 Å². The second kappa shape index (κ2) is 4.46. The number of fused-ring (bicyclic) bond motifs is 1. The third-order valence-electron chi connectivity index (χ3n) is 3.27. The number of aryl methyl sites for hydroxylation is 1. The van der Waals surface area contributed by atoms with Gasteiger partial charge in [-0.3, -0.25) is 0 Å². The lowest BCUT2D eigenvalue weighted by Crippen LogP contribution is -2.28. The Morgan fingerprint density at radius 2 is 2.25 bits per heavy atom. The zero-order valence-corrected chi connectivity index (χ0v) is 11.4. The molecule has 1 atom stereocenters. The maximum Gasteiger partial charge on any atom is 0.0931 e. The topological polar surface area (TPSA) is 38.9 Å². The second-order valence-corrected chi connectivity index (χ2v) is 6.79. The van der Waals surface area contributed by atoms with E-state index in [4.69, 9.17) is 10.7 Å². The van der Waals surface area contributed by atoms with E-state index in [-0.39, 0.29) is 6.04 Å². The third kappa shape index (κ3) is 2.46. The van der Waals surface area contributed by atoms with Crippen LogP contribution in [0, 0.1) is 5.41 Å². The van der Waals surface area contributed by atoms with Crippen LogP contribution >= 0.6 is 11.3 Å². The highest BCUT2D eigenvalue weighted by Crippen LogP contribution is 2.41. The Bertz CT molecular complexity index is 368. The number of aromatic nitrogens is 1. The SMILES string of the molecule is CCCCc1nc2c(s1)C(N)CC(C)(C)C2. The summed E-state index contributed by atoms with van der Waals surface area (Å²) in [6, 6.07) is 0.214. The molecule has 2 nitrogen and oxygen atoms in total. The first kappa shape index (κ1) is 12.1. The van der Waals surface area contributed by atoms with E-state index in [1.54, 1.807) is 0 Å². The van der Waals surface area contributed by atoms with E-state index in [1.165, 1.54) is 28.4 Å². The van der Waals surface area contributed by atoms with Crippen molar-refractivity contribution in [3.8, 4) is 0 Å². The lowest BCUT2D eigenvalue weighted by molar-refractivity contribution is 0.282. The first-order chi connectivity index (χ1) is 7.52. The minimum atomic E-state index is 0.214. The number of rotatable bonds is 3. The van der Waals surface area contributed by atoms with Crippen LogP contribution in [0.1, 0.15) is 61.7 Å². The van der Waals surface area contributed by atoms with Crippen LogP contribution in [-0.4, -0.2) is 4.98 Å². The Morgan fingerprint density at radius 1 is 1.50 bits per heavy atom. The quantitative estimate of drug-likeness (QED) is 0.876. The van der Waals surface area contributed by atoms with Gasteiger partial charge in [0, 0.05) is 10.9 Å². The number of hydrogen-bond acceptors (Lipinski definition) is 3. The highest BCUT2D eigenvalue weighted by Gasteiger charge is 2.32. The fraction of sp³-hybridized carbons (Fsp3) is 0.769. The predicted molar refractivity (Wildman–Crippen MR) is 69.8 cm³/mol. The third-order valence-corrected chi connectivity index (χ3v) is 4.56. The minimum Gasteiger partial charge on any atom is -0.323 e. The average Bonchev–Trinajstić information content (AvgIpc) is 2.56. The van der Waals surface area contributed by atoms with E-state index in [0.717, 1.165) is 19.3 Å². The molecule has 0 amide bonds. The number of nitrogens with two attached hydrogens (primary N) is 1. The fourth-order valence-electron chi connectivity index (χ4n) is 2.48. The van der Waals surface area contributed by atoms with Crippen LogP contribution in [0.15, 0.2) is 0 Å². The van der Waals surface area contributed by atoms with E-state index in [2.05, 4.69) is 20.8 Å². The van der Waals surface area contributed by atoms with Gasteiger partial charge in [-0.1, -0.05) is 27.2 Å². The lowest BCUT2D eigenvalue weighted by Gasteiger charge is -2.32. The van der Waals surface area contributed by atoms with Crippen molar-refractivity contribution in [2.75, 3.05) is 0 Å². The van der Waals surface area contributed by atoms with Crippen LogP contribution in [0.4, 0.5) is 0 Å². The van der Waals surface area contributed by atoms with Gasteiger partial charge in [0.2, 0.25) is 0 Å². The van der Waals surface area contributed by atoms with Crippen LogP contribution in [0.25, 0.3) is 0 Å². The first-order valence-electron chi connectivity index (χ1n) is 6.26. The van der Waals surface area contributed by atoms with E-state index in [9.17, 15) is 0 Å². The molecule has 2 rings (SSSR count). The Labute approximate surface area is 102 Å². The highest BCUT2D eigenvalue weighted by atomic mass is 32.1. The summed E-state index contributed by atoms with van der Waals surface area (Å²) in [5.74, 6) is 0. The highest BCUT2D eigenvalue weighted by molar-refractivity contribution is 7.11. The molecule has 0 radical (unpaired) electrons. The van der Waals surface area contributed by atoms with Gasteiger partial charge in [-0.05, 0) is 31.1 Å². The molecule has 1 aliphatic carbocycles. The van der Waals surface area contributed by atoms with Crippen molar-refractivity contribution in [2.45, 2.75) is 58.9 Å². The predicted octanol–water partition coefficient (Wildman–Crippen LogP) is 3.46. The normalized spacial score (nSPS) is 23.1. The second-order valence-electron chi connectivity index (χ2n) is 5.67. The van der Waals surface area contributed by atoms with Crippen molar-refractivity contribution >= 4 is 11.3 Å². The van der Waals surface area contributed by atoms with Crippen molar-refractivity contribution in [1.82, 2.24) is 4.98 Å². The molecular weight excluding hydrogens is 216 g/mol. The van der Waals surface area contributed by atoms with E-state index >= 15 is 0 Å². The Balaban J connectivity index is 2.20. The molecule has 16 heavy (non-hydrogen) atoms. The molecule has 1 unspecified atom stereocenters. The van der Waals surface area contributed by atoms with Gasteiger partial charge in [0.15, 0.2) is 0 Å². The summed E-state index contributed by atoms with van der Waals surface area (Å²) in [4.78, 5) is 6.13. The lowest BCUT2D eigenvalue weighted by atomic mass is 9.77. The Morgan fingerprint density at radius 3 is 2.94 bits per heavy atom. The van der Waals surface area contributed by atoms with Gasteiger partial charge in [0.25, 0.3) is 0 Å². The van der Waals surface area contributed by atoms with Crippen LogP contribution in [0.5, 0.6) is 0 Å². The number of hydrogen-bond donors (Lipinski definition) is 1. The van der Waals surface area contributed by atoms with Crippen molar-refractivity contribution < 1.29 is 0 Å². The van der Waals surface area contributed by atoms with Crippen molar-refractivity contribution in [1.29, 1.82) is 0 Å². The average molecular weight is 238 g/mol. The molecule has 0 spiro atoms. The number of thiazole rings is 1. The van der Waals surface area contributed by atoms with E-state index in [1.807, 2.05) is 11.3 Å². The van der Waals surface area contributed by atoms with Gasteiger partial charge in [-0.15, -0.1) is 11.3 Å². The van der Waals surface area contributed by atoms with E-state index in [0.29, 0.717) is 5.41 Å². The number of nitrogens with zero attached hydrogens (tertiary/aromatic N) is 1. The maximum atomic E-state index is 6.23. The Kier molecular flexibility index (Phi) is 3.36. The zero-order valence-electron chi connectivity index (χ0n) is 10.5. The molecule has 1 heterocycles. The van der Waals surface area contributed by atoms with Crippen LogP contribution in [0.3, 0.4) is 0 Å². The molecular formula is C13H22N2S. The summed E-state index contributed by atoms with van der Waals surface area (Å²) in [6.45, 7) is 6.81. The summed E-state index contributed by atoms with van der Waals surface area (Å²) in [6.07, 6.45) is 5.79. The first-order valence-corrected chi connectivity index (χ1v) is 7.07. The molecule has 3 heteroatoms. The molecule has 1 aliphatic rings. The fourth-order valence-corrected chi connectivity index (χ4v) is 3.61. The monoisotopic (exact) mass is 238 g/mol. The molecule has 90 valence electrons. The molecule has 1 aromatic heterocycles. The van der Waals surface area contributed by atoms with Gasteiger partial charge in [-0.2, -0.15) is 0 Å². The van der Waals surface area contributed by atoms with Crippen LogP contribution in [0.2, 0.25) is 0 Å². The van der Waals surface area contributed by atoms with Gasteiger partial charge in [-0.25, -0.2) is 4.98 Å². The standard InChI is InChI=1S/C13H22N2S/c1-4-5-6-11-15-10-8-13(2,3)7-9(14)12(10)16-11/h9H,4-8,14H2,1-3H3. The molecule has 0 saturated heterocycles. The molecule has 0 fully saturated rings. The zero-order chi connectivity index (χ0) is 11.8. The largest absolute Gasteiger partial charge is 0.323 e. The summed E-state index contributed by atoms with van der Waals surface area (Å²) in [5.41, 5.74) is 7.83. The van der Waals surface area contributed by atoms with Crippen molar-refractivity contribution in [3.05, 3.63) is 15.6 Å². The van der Waals surface area contributed by atoms with Gasteiger partial charge in [0.05, 0.1) is 10.7 Å². The van der Waals surface area contributed by atoms with Gasteiger partial charge in [0.1, 0.15) is 0 Å². The molecule has 2 N–H and O–H groups in total. The maximum absolute atomic E-state index is 6.23. The summed E-state index contributed by atoms with van der Waals surface area (Å²) in [7, 11) is 0.